The number of aromatic amines is 1. The third-order valence-electron chi connectivity index (χ3n) is 4.55. The van der Waals surface area contributed by atoms with Crippen LogP contribution >= 0.6 is 0 Å². The van der Waals surface area contributed by atoms with E-state index in [9.17, 15) is 14.4 Å². The molecule has 0 fully saturated rings. The average Bonchev–Trinajstić information content (AvgIpc) is 2.77. The van der Waals surface area contributed by atoms with Gasteiger partial charge in [0.1, 0.15) is 0 Å². The highest BCUT2D eigenvalue weighted by Gasteiger charge is 2.21. The third-order valence-corrected chi connectivity index (χ3v) is 4.55. The van der Waals surface area contributed by atoms with Crippen LogP contribution in [-0.2, 0) is 11.3 Å². The molecule has 0 amide bonds. The molecule has 0 saturated heterocycles. The first-order valence-electron chi connectivity index (χ1n) is 9.39. The molecule has 30 heavy (non-hydrogen) atoms. The van der Waals surface area contributed by atoms with E-state index in [0.29, 0.717) is 11.4 Å². The molecule has 0 spiro atoms. The van der Waals surface area contributed by atoms with Crippen LogP contribution in [0.1, 0.15) is 22.8 Å². The summed E-state index contributed by atoms with van der Waals surface area (Å²) in [6, 6.07) is 16.0. The Morgan fingerprint density at radius 3 is 2.53 bits per heavy atom. The molecule has 8 heteroatoms. The number of pyridine rings is 2. The van der Waals surface area contributed by atoms with Crippen LogP contribution in [0.3, 0.4) is 0 Å². The summed E-state index contributed by atoms with van der Waals surface area (Å²) < 4.78 is 6.48. The Hall–Kier alpha value is -4.07. The van der Waals surface area contributed by atoms with Crippen molar-refractivity contribution in [3.63, 3.8) is 0 Å². The number of H-pyrrole nitrogens is 1. The Bertz CT molecular complexity index is 1330. The summed E-state index contributed by atoms with van der Waals surface area (Å²) in [4.78, 5) is 49.0. The second-order valence-corrected chi connectivity index (χ2v) is 6.52. The molecule has 1 N–H and O–H groups in total. The summed E-state index contributed by atoms with van der Waals surface area (Å²) in [6.45, 7) is 1.99. The topological polar surface area (TPSA) is 107 Å². The number of nitrogens with one attached hydrogen (secondary N) is 1. The van der Waals surface area contributed by atoms with E-state index in [4.69, 9.17) is 4.74 Å². The summed E-state index contributed by atoms with van der Waals surface area (Å²) in [7, 11) is 0. The minimum absolute atomic E-state index is 0.00339. The normalized spacial score (nSPS) is 10.8. The number of carbonyl (C=O) groups excluding carboxylic acids is 1. The fraction of sp³-hybridized carbons (Fsp3) is 0.136. The van der Waals surface area contributed by atoms with Crippen molar-refractivity contribution in [2.45, 2.75) is 13.5 Å². The van der Waals surface area contributed by atoms with Crippen LogP contribution in [0, 0.1) is 0 Å². The van der Waals surface area contributed by atoms with Crippen LogP contribution in [0.25, 0.3) is 22.4 Å². The largest absolute Gasteiger partial charge is 0.462 e. The van der Waals surface area contributed by atoms with Gasteiger partial charge in [-0.15, -0.1) is 0 Å². The zero-order valence-electron chi connectivity index (χ0n) is 16.2. The molecule has 0 aliphatic carbocycles. The fourth-order valence-corrected chi connectivity index (χ4v) is 3.20. The van der Waals surface area contributed by atoms with Crippen LogP contribution in [-0.4, -0.2) is 32.1 Å². The van der Waals surface area contributed by atoms with E-state index in [1.165, 1.54) is 10.6 Å². The molecule has 0 aliphatic rings. The minimum Gasteiger partial charge on any atom is -0.462 e. The summed E-state index contributed by atoms with van der Waals surface area (Å²) >= 11 is 0. The number of aromatic nitrogens is 4. The van der Waals surface area contributed by atoms with Gasteiger partial charge >= 0.3 is 11.7 Å². The molecule has 150 valence electrons. The third kappa shape index (κ3) is 3.62. The van der Waals surface area contributed by atoms with Crippen molar-refractivity contribution < 1.29 is 9.53 Å². The van der Waals surface area contributed by atoms with E-state index in [1.807, 2.05) is 30.3 Å². The number of fused-ring (bicyclic) bond motifs is 1. The quantitative estimate of drug-likeness (QED) is 0.514. The van der Waals surface area contributed by atoms with Gasteiger partial charge in [-0.1, -0.05) is 36.4 Å². The number of carbonyl (C=O) groups is 1. The number of benzene rings is 1. The molecule has 4 rings (SSSR count). The first-order valence-corrected chi connectivity index (χ1v) is 9.39. The van der Waals surface area contributed by atoms with Crippen molar-refractivity contribution in [3.05, 3.63) is 92.8 Å². The number of nitrogens with zero attached hydrogens (tertiary/aromatic N) is 3. The predicted molar refractivity (Wildman–Crippen MR) is 111 cm³/mol. The highest BCUT2D eigenvalue weighted by atomic mass is 16.5. The Morgan fingerprint density at radius 2 is 1.83 bits per heavy atom. The fourth-order valence-electron chi connectivity index (χ4n) is 3.20. The standard InChI is InChI=1S/C22H18N4O4/c1-2-30-21(28)15-12-17(16-10-6-7-11-23-16)24-19-18(15)20(27)25-22(29)26(19)13-14-8-4-3-5-9-14/h3-12H,2,13H2,1H3,(H,25,27,29). The molecule has 0 radical (unpaired) electrons. The van der Waals surface area contributed by atoms with Gasteiger partial charge in [-0.2, -0.15) is 0 Å². The number of ether oxygens (including phenoxy) is 1. The Labute approximate surface area is 170 Å². The lowest BCUT2D eigenvalue weighted by atomic mass is 10.1. The highest BCUT2D eigenvalue weighted by molar-refractivity contribution is 6.03. The van der Waals surface area contributed by atoms with Gasteiger partial charge in [0.25, 0.3) is 5.56 Å². The maximum absolute atomic E-state index is 12.6. The van der Waals surface area contributed by atoms with Gasteiger partial charge in [0.2, 0.25) is 0 Å². The molecular formula is C22H18N4O4. The molecule has 0 atom stereocenters. The second-order valence-electron chi connectivity index (χ2n) is 6.52. The average molecular weight is 402 g/mol. The molecule has 4 aromatic rings. The maximum atomic E-state index is 12.6. The van der Waals surface area contributed by atoms with E-state index >= 15 is 0 Å². The molecule has 0 aliphatic heterocycles. The lowest BCUT2D eigenvalue weighted by Crippen LogP contribution is -2.32. The van der Waals surface area contributed by atoms with Gasteiger partial charge in [-0.3, -0.25) is 19.3 Å². The summed E-state index contributed by atoms with van der Waals surface area (Å²) in [6.07, 6.45) is 1.60. The maximum Gasteiger partial charge on any atom is 0.339 e. The SMILES string of the molecule is CCOC(=O)c1cc(-c2ccccn2)nc2c1c(=O)[nH]c(=O)n2Cc1ccccc1. The summed E-state index contributed by atoms with van der Waals surface area (Å²) in [5.41, 5.74) is 0.529. The van der Waals surface area contributed by atoms with Crippen LogP contribution < -0.4 is 11.2 Å². The van der Waals surface area contributed by atoms with E-state index in [2.05, 4.69) is 15.0 Å². The van der Waals surface area contributed by atoms with E-state index < -0.39 is 17.2 Å². The summed E-state index contributed by atoms with van der Waals surface area (Å²) in [5.74, 6) is -0.669. The molecule has 8 nitrogen and oxygen atoms in total. The first kappa shape index (κ1) is 19.3. The van der Waals surface area contributed by atoms with Gasteiger partial charge in [0.15, 0.2) is 5.65 Å². The number of rotatable bonds is 5. The van der Waals surface area contributed by atoms with E-state index in [0.717, 1.165) is 5.56 Å². The van der Waals surface area contributed by atoms with Crippen molar-refractivity contribution in [3.8, 4) is 11.4 Å². The van der Waals surface area contributed by atoms with Crippen molar-refractivity contribution in [2.24, 2.45) is 0 Å². The monoisotopic (exact) mass is 402 g/mol. The molecule has 3 aromatic heterocycles. The molecule has 0 bridgehead atoms. The zero-order chi connectivity index (χ0) is 21.1. The molecule has 0 unspecified atom stereocenters. The number of esters is 1. The highest BCUT2D eigenvalue weighted by Crippen LogP contribution is 2.22. The van der Waals surface area contributed by atoms with Gasteiger partial charge in [0, 0.05) is 6.20 Å². The predicted octanol–water partition coefficient (Wildman–Crippen LogP) is 2.37. The van der Waals surface area contributed by atoms with Crippen molar-refractivity contribution in [1.82, 2.24) is 19.5 Å². The van der Waals surface area contributed by atoms with Gasteiger partial charge < -0.3 is 4.74 Å². The second kappa shape index (κ2) is 8.12. The minimum atomic E-state index is -0.692. The lowest BCUT2D eigenvalue weighted by Gasteiger charge is -2.13. The Balaban J connectivity index is 2.05. The molecule has 0 saturated carbocycles. The zero-order valence-corrected chi connectivity index (χ0v) is 16.2. The molecule has 3 heterocycles. The van der Waals surface area contributed by atoms with Gasteiger partial charge in [-0.05, 0) is 30.7 Å². The van der Waals surface area contributed by atoms with E-state index in [-0.39, 0.29) is 29.7 Å². The number of hydrogen-bond donors (Lipinski definition) is 1. The van der Waals surface area contributed by atoms with Crippen LogP contribution in [0.5, 0.6) is 0 Å². The first-order chi connectivity index (χ1) is 14.6. The van der Waals surface area contributed by atoms with Crippen LogP contribution in [0.15, 0.2) is 70.4 Å². The van der Waals surface area contributed by atoms with Gasteiger partial charge in [-0.25, -0.2) is 14.6 Å². The molecular weight excluding hydrogens is 384 g/mol. The van der Waals surface area contributed by atoms with Crippen molar-refractivity contribution in [1.29, 1.82) is 0 Å². The van der Waals surface area contributed by atoms with Crippen molar-refractivity contribution >= 4 is 17.0 Å². The molecule has 1 aromatic carbocycles. The van der Waals surface area contributed by atoms with Crippen LogP contribution in [0.2, 0.25) is 0 Å². The van der Waals surface area contributed by atoms with Crippen molar-refractivity contribution in [2.75, 3.05) is 6.61 Å². The smallest absolute Gasteiger partial charge is 0.339 e. The van der Waals surface area contributed by atoms with Crippen LogP contribution in [0.4, 0.5) is 0 Å². The Morgan fingerprint density at radius 1 is 1.07 bits per heavy atom. The number of hydrogen-bond acceptors (Lipinski definition) is 6. The lowest BCUT2D eigenvalue weighted by molar-refractivity contribution is 0.0528. The van der Waals surface area contributed by atoms with Gasteiger partial charge in [0.05, 0.1) is 35.5 Å². The summed E-state index contributed by atoms with van der Waals surface area (Å²) in [5, 5.41) is 0.00339. The van der Waals surface area contributed by atoms with E-state index in [1.54, 1.807) is 31.3 Å². The Kier molecular flexibility index (Phi) is 5.21.